The Kier molecular flexibility index (Phi) is 8.24. The van der Waals surface area contributed by atoms with Gasteiger partial charge in [-0.3, -0.25) is 0 Å². The molecule has 11 aromatic carbocycles. The van der Waals surface area contributed by atoms with E-state index in [0.29, 0.717) is 11.3 Å². The molecule has 0 bridgehead atoms. The van der Waals surface area contributed by atoms with Crippen LogP contribution in [-0.4, -0.2) is 17.0 Å². The van der Waals surface area contributed by atoms with E-state index >= 15 is 0 Å². The van der Waals surface area contributed by atoms with Gasteiger partial charge in [-0.1, -0.05) is 133 Å². The number of carbonyl (C=O) groups excluding carboxylic acids is 1. The van der Waals surface area contributed by atoms with Gasteiger partial charge in [0.25, 0.3) is 0 Å². The lowest BCUT2D eigenvalue weighted by molar-refractivity contribution is 0.0694. The third-order valence-electron chi connectivity index (χ3n) is 11.8. The van der Waals surface area contributed by atoms with Crippen LogP contribution in [0.4, 0.5) is 0 Å². The van der Waals surface area contributed by atoms with Crippen LogP contribution in [0.25, 0.3) is 98.0 Å². The Balaban J connectivity index is 0.987. The van der Waals surface area contributed by atoms with Gasteiger partial charge in [0, 0.05) is 5.39 Å². The predicted octanol–water partition coefficient (Wildman–Crippen LogP) is 14.5. The minimum atomic E-state index is -0.949. The zero-order valence-electron chi connectivity index (χ0n) is 32.2. The van der Waals surface area contributed by atoms with Crippen LogP contribution < -0.4 is 4.74 Å². The summed E-state index contributed by atoms with van der Waals surface area (Å²) in [6.45, 7) is 0. The minimum absolute atomic E-state index is 0.252. The van der Waals surface area contributed by atoms with Gasteiger partial charge in [-0.2, -0.15) is 0 Å². The number of carbonyl (C=O) groups is 2. The van der Waals surface area contributed by atoms with E-state index in [0.717, 1.165) is 76.5 Å². The Labute approximate surface area is 345 Å². The number of esters is 1. The van der Waals surface area contributed by atoms with E-state index in [1.807, 2.05) is 54.6 Å². The number of aromatic carboxylic acids is 1. The Morgan fingerprint density at radius 1 is 0.333 bits per heavy atom. The van der Waals surface area contributed by atoms with E-state index in [-0.39, 0.29) is 5.56 Å². The summed E-state index contributed by atoms with van der Waals surface area (Å²) < 4.78 is 6.30. The highest BCUT2D eigenvalue weighted by atomic mass is 16.5. The molecular weight excluding hydrogens is 737 g/mol. The normalized spacial score (nSPS) is 11.5. The van der Waals surface area contributed by atoms with Crippen LogP contribution in [0.3, 0.4) is 0 Å². The number of ether oxygens (including phenoxy) is 1. The maximum absolute atomic E-state index is 14.0. The quantitative estimate of drug-likeness (QED) is 0.104. The topological polar surface area (TPSA) is 63.6 Å². The number of hydrogen-bond acceptors (Lipinski definition) is 3. The van der Waals surface area contributed by atoms with Gasteiger partial charge in [-0.15, -0.1) is 0 Å². The lowest BCUT2D eigenvalue weighted by Crippen LogP contribution is -2.08. The summed E-state index contributed by atoms with van der Waals surface area (Å²) in [4.78, 5) is 25.5. The molecule has 0 atom stereocenters. The number of hydrogen-bond donors (Lipinski definition) is 1. The number of fused-ring (bicyclic) bond motifs is 6. The predicted molar refractivity (Wildman–Crippen MR) is 246 cm³/mol. The van der Waals surface area contributed by atoms with E-state index < -0.39 is 11.9 Å². The second-order valence-corrected chi connectivity index (χ2v) is 15.3. The molecule has 282 valence electrons. The van der Waals surface area contributed by atoms with Crippen molar-refractivity contribution in [1.29, 1.82) is 0 Å². The smallest absolute Gasteiger partial charge is 0.343 e. The molecule has 1 N–H and O–H groups in total. The van der Waals surface area contributed by atoms with Crippen molar-refractivity contribution in [2.75, 3.05) is 0 Å². The van der Waals surface area contributed by atoms with Crippen molar-refractivity contribution in [2.45, 2.75) is 0 Å². The maximum atomic E-state index is 14.0. The molecule has 0 heterocycles. The summed E-state index contributed by atoms with van der Waals surface area (Å²) in [6, 6.07) is 67.5. The lowest BCUT2D eigenvalue weighted by atomic mass is 9.89. The third kappa shape index (κ3) is 6.02. The van der Waals surface area contributed by atoms with Crippen molar-refractivity contribution in [1.82, 2.24) is 0 Å². The number of carboxylic acids is 1. The first-order chi connectivity index (χ1) is 29.4. The molecule has 0 saturated carbocycles. The molecular formula is C56H34O4. The standard InChI is InChI=1S/C56H34O4/c57-55(58)38-24-18-35(19-25-38)34-16-20-37(21-17-34)54-48-14-7-15-52(51(48)33-46-29-41-9-2-4-11-43(41)32-50(46)54)60-56(59)39-26-22-36(23-27-39)53-47-13-6-5-12-44(47)30-45-28-40-8-1-3-10-42(40)31-49(45)53/h1-33H,(H,57,58). The summed E-state index contributed by atoms with van der Waals surface area (Å²) >= 11 is 0. The van der Waals surface area contributed by atoms with E-state index in [9.17, 15) is 14.7 Å². The molecule has 0 aliphatic rings. The Morgan fingerprint density at radius 3 is 1.35 bits per heavy atom. The first-order valence-electron chi connectivity index (χ1n) is 19.9. The second kappa shape index (κ2) is 14.1. The fraction of sp³-hybridized carbons (Fsp3) is 0. The molecule has 4 nitrogen and oxygen atoms in total. The highest BCUT2D eigenvalue weighted by molar-refractivity contribution is 6.18. The van der Waals surface area contributed by atoms with E-state index in [1.165, 1.54) is 21.5 Å². The molecule has 0 saturated heterocycles. The minimum Gasteiger partial charge on any atom is -0.478 e. The van der Waals surface area contributed by atoms with Crippen LogP contribution in [0.5, 0.6) is 5.75 Å². The van der Waals surface area contributed by atoms with Crippen molar-refractivity contribution >= 4 is 76.6 Å². The van der Waals surface area contributed by atoms with Crippen molar-refractivity contribution in [3.63, 3.8) is 0 Å². The van der Waals surface area contributed by atoms with Crippen molar-refractivity contribution < 1.29 is 19.4 Å². The summed E-state index contributed by atoms with van der Waals surface area (Å²) in [5.74, 6) is -0.892. The van der Waals surface area contributed by atoms with E-state index in [2.05, 4.69) is 133 Å². The highest BCUT2D eigenvalue weighted by Crippen LogP contribution is 2.43. The molecule has 0 aliphatic carbocycles. The average Bonchev–Trinajstić information content (AvgIpc) is 3.29. The highest BCUT2D eigenvalue weighted by Gasteiger charge is 2.18. The first kappa shape index (κ1) is 35.1. The van der Waals surface area contributed by atoms with Gasteiger partial charge >= 0.3 is 11.9 Å². The average molecular weight is 771 g/mol. The summed E-state index contributed by atoms with van der Waals surface area (Å²) in [7, 11) is 0. The largest absolute Gasteiger partial charge is 0.478 e. The summed E-state index contributed by atoms with van der Waals surface area (Å²) in [6.07, 6.45) is 0. The summed E-state index contributed by atoms with van der Waals surface area (Å²) in [5, 5.41) is 22.6. The molecule has 0 radical (unpaired) electrons. The Hall–Kier alpha value is -8.08. The Morgan fingerprint density at radius 2 is 0.750 bits per heavy atom. The van der Waals surface area contributed by atoms with Crippen LogP contribution >= 0.6 is 0 Å². The molecule has 0 amide bonds. The molecule has 11 rings (SSSR count). The molecule has 4 heteroatoms. The summed E-state index contributed by atoms with van der Waals surface area (Å²) in [5.41, 5.74) is 6.85. The number of carboxylic acid groups (broad SMARTS) is 1. The van der Waals surface area contributed by atoms with Crippen molar-refractivity contribution in [2.24, 2.45) is 0 Å². The zero-order chi connectivity index (χ0) is 40.3. The van der Waals surface area contributed by atoms with Gasteiger partial charge in [0.05, 0.1) is 11.1 Å². The zero-order valence-corrected chi connectivity index (χ0v) is 32.2. The second-order valence-electron chi connectivity index (χ2n) is 15.3. The monoisotopic (exact) mass is 770 g/mol. The van der Waals surface area contributed by atoms with E-state index in [4.69, 9.17) is 4.74 Å². The molecule has 11 aromatic rings. The first-order valence-corrected chi connectivity index (χ1v) is 19.9. The molecule has 0 spiro atoms. The van der Waals surface area contributed by atoms with Gasteiger partial charge in [0.2, 0.25) is 0 Å². The maximum Gasteiger partial charge on any atom is 0.343 e. The molecule has 0 aromatic heterocycles. The van der Waals surface area contributed by atoms with Gasteiger partial charge in [-0.05, 0) is 159 Å². The van der Waals surface area contributed by atoms with Crippen LogP contribution in [0.15, 0.2) is 200 Å². The van der Waals surface area contributed by atoms with Crippen LogP contribution in [-0.2, 0) is 0 Å². The Bertz CT molecular complexity index is 3520. The fourth-order valence-electron chi connectivity index (χ4n) is 8.84. The van der Waals surface area contributed by atoms with Crippen LogP contribution in [0.2, 0.25) is 0 Å². The molecule has 0 unspecified atom stereocenters. The molecule has 0 fully saturated rings. The van der Waals surface area contributed by atoms with E-state index in [1.54, 1.807) is 12.1 Å². The van der Waals surface area contributed by atoms with Crippen LogP contribution in [0, 0.1) is 0 Å². The van der Waals surface area contributed by atoms with Gasteiger partial charge in [0.15, 0.2) is 0 Å². The van der Waals surface area contributed by atoms with Gasteiger partial charge < -0.3 is 9.84 Å². The number of benzene rings is 11. The van der Waals surface area contributed by atoms with Crippen LogP contribution in [0.1, 0.15) is 20.7 Å². The van der Waals surface area contributed by atoms with Gasteiger partial charge in [-0.25, -0.2) is 9.59 Å². The number of rotatable bonds is 6. The fourth-order valence-corrected chi connectivity index (χ4v) is 8.84. The molecule has 0 aliphatic heterocycles. The lowest BCUT2D eigenvalue weighted by Gasteiger charge is -2.16. The van der Waals surface area contributed by atoms with Crippen molar-refractivity contribution in [3.8, 4) is 39.1 Å². The SMILES string of the molecule is O=C(O)c1ccc(-c2ccc(-c3c4cc5ccccc5cc4cc4c(OC(=O)c5ccc(-c6c7ccccc7cc7cc8ccccc8cc67)cc5)cccc34)cc2)cc1. The molecule has 60 heavy (non-hydrogen) atoms. The van der Waals surface area contributed by atoms with Crippen molar-refractivity contribution in [3.05, 3.63) is 211 Å². The third-order valence-corrected chi connectivity index (χ3v) is 11.8. The van der Waals surface area contributed by atoms with Gasteiger partial charge in [0.1, 0.15) is 5.75 Å².